The van der Waals surface area contributed by atoms with Crippen molar-refractivity contribution in [3.8, 4) is 0 Å². The van der Waals surface area contributed by atoms with Crippen molar-refractivity contribution in [1.29, 1.82) is 0 Å². The second-order valence-corrected chi connectivity index (χ2v) is 8.91. The van der Waals surface area contributed by atoms with Gasteiger partial charge in [-0.1, -0.05) is 0 Å². The van der Waals surface area contributed by atoms with Gasteiger partial charge in [-0.15, -0.1) is 0 Å². The molecule has 31 heavy (non-hydrogen) atoms. The van der Waals surface area contributed by atoms with Crippen LogP contribution in [0.25, 0.3) is 0 Å². The van der Waals surface area contributed by atoms with E-state index in [-0.39, 0.29) is 17.9 Å². The Kier molecular flexibility index (Phi) is 6.34. The number of likely N-dealkylation sites (tertiary alicyclic amines) is 2. The van der Waals surface area contributed by atoms with Gasteiger partial charge in [0.1, 0.15) is 12.2 Å². The molecule has 2 aromatic rings. The Bertz CT molecular complexity index is 930. The maximum absolute atomic E-state index is 13.1. The van der Waals surface area contributed by atoms with E-state index in [0.717, 1.165) is 68.8 Å². The lowest BCUT2D eigenvalue weighted by Gasteiger charge is -2.43. The lowest BCUT2D eigenvalue weighted by Crippen LogP contribution is -2.51. The van der Waals surface area contributed by atoms with Crippen molar-refractivity contribution >= 4 is 11.8 Å². The summed E-state index contributed by atoms with van der Waals surface area (Å²) in [4.78, 5) is 38.4. The molecule has 2 fully saturated rings. The summed E-state index contributed by atoms with van der Waals surface area (Å²) in [5.41, 5.74) is 3.18. The maximum atomic E-state index is 13.1. The summed E-state index contributed by atoms with van der Waals surface area (Å²) in [7, 11) is 0. The lowest BCUT2D eigenvalue weighted by molar-refractivity contribution is -0.133. The molecule has 1 atom stereocenters. The highest BCUT2D eigenvalue weighted by Gasteiger charge is 2.36. The molecule has 4 rings (SSSR count). The number of nitrogens with zero attached hydrogens (tertiary/aromatic N) is 6. The lowest BCUT2D eigenvalue weighted by atomic mass is 9.83. The standard InChI is InChI=1S/C23H32N6O2/c1-16-12-18(3)29(26-16)15-22(30)27-10-7-19(8-11-27)21-6-4-5-9-28(21)23(31)20-14-24-17(2)13-25-20/h12-14,19,21H,4-11,15H2,1-3H3/t21-/m0/s1. The zero-order chi connectivity index (χ0) is 22.0. The van der Waals surface area contributed by atoms with Gasteiger partial charge in [0.15, 0.2) is 0 Å². The normalized spacial score (nSPS) is 20.2. The zero-order valence-electron chi connectivity index (χ0n) is 18.8. The van der Waals surface area contributed by atoms with E-state index in [4.69, 9.17) is 0 Å². The van der Waals surface area contributed by atoms with Crippen LogP contribution in [0, 0.1) is 26.7 Å². The van der Waals surface area contributed by atoms with Crippen LogP contribution in [0.3, 0.4) is 0 Å². The number of carbonyl (C=O) groups is 2. The summed E-state index contributed by atoms with van der Waals surface area (Å²) in [5, 5.41) is 4.41. The van der Waals surface area contributed by atoms with Gasteiger partial charge in [-0.3, -0.25) is 19.3 Å². The zero-order valence-corrected chi connectivity index (χ0v) is 18.8. The van der Waals surface area contributed by atoms with Gasteiger partial charge < -0.3 is 9.80 Å². The van der Waals surface area contributed by atoms with Crippen molar-refractivity contribution in [2.45, 2.75) is 65.5 Å². The number of amides is 2. The Morgan fingerprint density at radius 3 is 2.39 bits per heavy atom. The first-order valence-electron chi connectivity index (χ1n) is 11.3. The van der Waals surface area contributed by atoms with Crippen LogP contribution < -0.4 is 0 Å². The van der Waals surface area contributed by atoms with E-state index in [2.05, 4.69) is 15.1 Å². The third kappa shape index (κ3) is 4.78. The molecule has 0 aliphatic carbocycles. The van der Waals surface area contributed by atoms with E-state index < -0.39 is 0 Å². The summed E-state index contributed by atoms with van der Waals surface area (Å²) in [6, 6.07) is 2.21. The molecule has 0 saturated carbocycles. The van der Waals surface area contributed by atoms with Gasteiger partial charge in [0.2, 0.25) is 5.91 Å². The molecule has 2 aliphatic heterocycles. The largest absolute Gasteiger partial charge is 0.341 e. The molecule has 0 N–H and O–H groups in total. The smallest absolute Gasteiger partial charge is 0.274 e. The molecule has 8 heteroatoms. The monoisotopic (exact) mass is 424 g/mol. The first-order chi connectivity index (χ1) is 14.9. The highest BCUT2D eigenvalue weighted by Crippen LogP contribution is 2.31. The van der Waals surface area contributed by atoms with Crippen LogP contribution in [0.2, 0.25) is 0 Å². The molecule has 8 nitrogen and oxygen atoms in total. The average molecular weight is 425 g/mol. The Morgan fingerprint density at radius 1 is 0.968 bits per heavy atom. The second-order valence-electron chi connectivity index (χ2n) is 8.91. The fourth-order valence-electron chi connectivity index (χ4n) is 4.95. The second kappa shape index (κ2) is 9.16. The third-order valence-corrected chi connectivity index (χ3v) is 6.64. The van der Waals surface area contributed by atoms with Crippen LogP contribution in [0.15, 0.2) is 18.5 Å². The molecule has 0 spiro atoms. The van der Waals surface area contributed by atoms with Crippen LogP contribution >= 0.6 is 0 Å². The molecule has 2 aliphatic rings. The summed E-state index contributed by atoms with van der Waals surface area (Å²) in [6.07, 6.45) is 8.29. The van der Waals surface area contributed by atoms with E-state index in [1.807, 2.05) is 36.6 Å². The predicted molar refractivity (Wildman–Crippen MR) is 116 cm³/mol. The first kappa shape index (κ1) is 21.5. The molecule has 0 radical (unpaired) electrons. The Balaban J connectivity index is 1.37. The number of aromatic nitrogens is 4. The van der Waals surface area contributed by atoms with Crippen LogP contribution in [0.5, 0.6) is 0 Å². The van der Waals surface area contributed by atoms with Gasteiger partial charge in [-0.25, -0.2) is 4.98 Å². The van der Waals surface area contributed by atoms with E-state index in [1.54, 1.807) is 17.1 Å². The molecule has 0 bridgehead atoms. The molecule has 0 aromatic carbocycles. The summed E-state index contributed by atoms with van der Waals surface area (Å²) in [5.74, 6) is 0.525. The van der Waals surface area contributed by atoms with Crippen molar-refractivity contribution in [3.05, 3.63) is 41.2 Å². The van der Waals surface area contributed by atoms with E-state index in [0.29, 0.717) is 18.2 Å². The van der Waals surface area contributed by atoms with Crippen molar-refractivity contribution in [2.75, 3.05) is 19.6 Å². The Morgan fingerprint density at radius 2 is 1.74 bits per heavy atom. The van der Waals surface area contributed by atoms with Crippen LogP contribution in [0.1, 0.15) is 59.7 Å². The van der Waals surface area contributed by atoms with Crippen LogP contribution in [0.4, 0.5) is 0 Å². The van der Waals surface area contributed by atoms with Gasteiger partial charge in [-0.05, 0) is 64.9 Å². The molecule has 2 aromatic heterocycles. The van der Waals surface area contributed by atoms with E-state index >= 15 is 0 Å². The minimum atomic E-state index is -0.0137. The minimum Gasteiger partial charge on any atom is -0.341 e. The number of hydrogen-bond donors (Lipinski definition) is 0. The quantitative estimate of drug-likeness (QED) is 0.753. The highest BCUT2D eigenvalue weighted by molar-refractivity contribution is 5.92. The predicted octanol–water partition coefficient (Wildman–Crippen LogP) is 2.53. The van der Waals surface area contributed by atoms with Gasteiger partial charge in [0.05, 0.1) is 17.6 Å². The molecule has 4 heterocycles. The molecule has 2 saturated heterocycles. The fraction of sp³-hybridized carbons (Fsp3) is 0.609. The molecular formula is C23H32N6O2. The van der Waals surface area contributed by atoms with Crippen molar-refractivity contribution in [1.82, 2.24) is 29.5 Å². The minimum absolute atomic E-state index is 0.0137. The molecular weight excluding hydrogens is 392 g/mol. The SMILES string of the molecule is Cc1cnc(C(=O)N2CCCC[C@H]2C2CCN(C(=O)Cn3nc(C)cc3C)CC2)cn1. The molecule has 0 unspecified atom stereocenters. The number of rotatable bonds is 4. The number of piperidine rings is 2. The van der Waals surface area contributed by atoms with Gasteiger partial charge >= 0.3 is 0 Å². The van der Waals surface area contributed by atoms with Gasteiger partial charge in [0, 0.05) is 37.6 Å². The number of aryl methyl sites for hydroxylation is 3. The fourth-order valence-corrected chi connectivity index (χ4v) is 4.95. The third-order valence-electron chi connectivity index (χ3n) is 6.64. The Hall–Kier alpha value is -2.77. The van der Waals surface area contributed by atoms with E-state index in [9.17, 15) is 9.59 Å². The first-order valence-corrected chi connectivity index (χ1v) is 11.3. The van der Waals surface area contributed by atoms with Crippen LogP contribution in [-0.4, -0.2) is 67.0 Å². The van der Waals surface area contributed by atoms with E-state index in [1.165, 1.54) is 0 Å². The van der Waals surface area contributed by atoms with Gasteiger partial charge in [0.25, 0.3) is 5.91 Å². The summed E-state index contributed by atoms with van der Waals surface area (Å²) >= 11 is 0. The van der Waals surface area contributed by atoms with Crippen molar-refractivity contribution < 1.29 is 9.59 Å². The Labute approximate surface area is 183 Å². The van der Waals surface area contributed by atoms with Crippen LogP contribution in [-0.2, 0) is 11.3 Å². The highest BCUT2D eigenvalue weighted by atomic mass is 16.2. The molecule has 166 valence electrons. The number of hydrogen-bond acceptors (Lipinski definition) is 5. The van der Waals surface area contributed by atoms with Crippen molar-refractivity contribution in [2.24, 2.45) is 5.92 Å². The maximum Gasteiger partial charge on any atom is 0.274 e. The number of carbonyl (C=O) groups excluding carboxylic acids is 2. The average Bonchev–Trinajstić information content (AvgIpc) is 3.10. The summed E-state index contributed by atoms with van der Waals surface area (Å²) < 4.78 is 1.79. The van der Waals surface area contributed by atoms with Crippen molar-refractivity contribution in [3.63, 3.8) is 0 Å². The summed E-state index contributed by atoms with van der Waals surface area (Å²) in [6.45, 7) is 8.35. The topological polar surface area (TPSA) is 84.2 Å². The van der Waals surface area contributed by atoms with Gasteiger partial charge in [-0.2, -0.15) is 5.10 Å². The molecule has 2 amide bonds.